The van der Waals surface area contributed by atoms with E-state index in [0.717, 1.165) is 0 Å². The number of hydrogen-bond acceptors (Lipinski definition) is 4. The van der Waals surface area contributed by atoms with E-state index in [2.05, 4.69) is 0 Å². The average molecular weight is 409 g/mol. The highest BCUT2D eigenvalue weighted by molar-refractivity contribution is 7.89. The third-order valence-electron chi connectivity index (χ3n) is 4.08. The lowest BCUT2D eigenvalue weighted by atomic mass is 10.2. The Hall–Kier alpha value is -0.860. The number of benzene rings is 1. The summed E-state index contributed by atoms with van der Waals surface area (Å²) < 4.78 is 32.4. The fraction of sp³-hybridized carbons (Fsp3) is 0.562. The van der Waals surface area contributed by atoms with Crippen molar-refractivity contribution in [1.29, 1.82) is 0 Å². The Labute approximate surface area is 158 Å². The highest BCUT2D eigenvalue weighted by Gasteiger charge is 2.34. The third-order valence-corrected chi connectivity index (χ3v) is 6.94. The van der Waals surface area contributed by atoms with Crippen molar-refractivity contribution >= 4 is 39.1 Å². The molecule has 0 N–H and O–H groups in total. The van der Waals surface area contributed by atoms with Gasteiger partial charge >= 0.3 is 0 Å². The molecule has 0 radical (unpaired) electrons. The number of ether oxygens (including phenoxy) is 1. The highest BCUT2D eigenvalue weighted by Crippen LogP contribution is 2.31. The van der Waals surface area contributed by atoms with Crippen LogP contribution in [-0.2, 0) is 19.6 Å². The quantitative estimate of drug-likeness (QED) is 0.725. The van der Waals surface area contributed by atoms with Crippen LogP contribution in [0.15, 0.2) is 23.1 Å². The van der Waals surface area contributed by atoms with Gasteiger partial charge in [0.15, 0.2) is 0 Å². The van der Waals surface area contributed by atoms with E-state index in [9.17, 15) is 13.2 Å². The molecule has 1 fully saturated rings. The van der Waals surface area contributed by atoms with Crippen LogP contribution in [-0.4, -0.2) is 62.4 Å². The molecule has 1 unspecified atom stereocenters. The van der Waals surface area contributed by atoms with Gasteiger partial charge in [-0.05, 0) is 25.5 Å². The molecule has 0 bridgehead atoms. The standard InChI is InChI=1S/C16H22Cl2N2O4S/c1-3-14(24-4-2)16(21)19-8-10-20(11-9-19)25(22,23)15-12(17)6-5-7-13(15)18/h5-7,14H,3-4,8-11H2,1-2H3. The van der Waals surface area contributed by atoms with Crippen molar-refractivity contribution in [2.75, 3.05) is 32.8 Å². The van der Waals surface area contributed by atoms with Gasteiger partial charge in [0.2, 0.25) is 10.0 Å². The summed E-state index contributed by atoms with van der Waals surface area (Å²) in [6, 6.07) is 4.58. The maximum absolute atomic E-state index is 12.8. The van der Waals surface area contributed by atoms with Crippen LogP contribution in [0.1, 0.15) is 20.3 Å². The summed E-state index contributed by atoms with van der Waals surface area (Å²) in [5, 5.41) is 0.182. The van der Waals surface area contributed by atoms with Gasteiger partial charge in [0.25, 0.3) is 5.91 Å². The maximum Gasteiger partial charge on any atom is 0.251 e. The highest BCUT2D eigenvalue weighted by atomic mass is 35.5. The first-order chi connectivity index (χ1) is 11.8. The first kappa shape index (κ1) is 20.5. The number of halogens is 2. The molecule has 1 amide bonds. The molecule has 1 saturated heterocycles. The lowest BCUT2D eigenvalue weighted by Crippen LogP contribution is -2.53. The summed E-state index contributed by atoms with van der Waals surface area (Å²) in [5.74, 6) is -0.0998. The van der Waals surface area contributed by atoms with E-state index in [-0.39, 0.29) is 33.9 Å². The number of sulfonamides is 1. The molecule has 9 heteroatoms. The number of amides is 1. The van der Waals surface area contributed by atoms with Crippen LogP contribution in [0.25, 0.3) is 0 Å². The van der Waals surface area contributed by atoms with Crippen molar-refractivity contribution in [3.63, 3.8) is 0 Å². The van der Waals surface area contributed by atoms with Gasteiger partial charge in [-0.25, -0.2) is 8.42 Å². The third kappa shape index (κ3) is 4.46. The van der Waals surface area contributed by atoms with Gasteiger partial charge < -0.3 is 9.64 Å². The monoisotopic (exact) mass is 408 g/mol. The molecule has 2 rings (SSSR count). The number of piperazine rings is 1. The SMILES string of the molecule is CCOC(CC)C(=O)N1CCN(S(=O)(=O)c2c(Cl)cccc2Cl)CC1. The van der Waals surface area contributed by atoms with Crippen molar-refractivity contribution in [1.82, 2.24) is 9.21 Å². The Morgan fingerprint density at radius 3 is 2.20 bits per heavy atom. The number of carbonyl (C=O) groups is 1. The molecule has 1 aliphatic rings. The molecule has 0 aromatic heterocycles. The normalized spacial score (nSPS) is 17.5. The molecule has 1 aromatic carbocycles. The molecule has 25 heavy (non-hydrogen) atoms. The van der Waals surface area contributed by atoms with Crippen LogP contribution in [0.3, 0.4) is 0 Å². The molecule has 1 aliphatic heterocycles. The molecule has 140 valence electrons. The zero-order valence-corrected chi connectivity index (χ0v) is 16.6. The van der Waals surface area contributed by atoms with Crippen LogP contribution in [0, 0.1) is 0 Å². The van der Waals surface area contributed by atoms with E-state index >= 15 is 0 Å². The first-order valence-electron chi connectivity index (χ1n) is 8.17. The van der Waals surface area contributed by atoms with Crippen molar-refractivity contribution in [2.45, 2.75) is 31.3 Å². The van der Waals surface area contributed by atoms with Crippen LogP contribution in [0.5, 0.6) is 0 Å². The summed E-state index contributed by atoms with van der Waals surface area (Å²) in [7, 11) is -3.81. The second-order valence-electron chi connectivity index (χ2n) is 5.63. The lowest BCUT2D eigenvalue weighted by molar-refractivity contribution is -0.144. The smallest absolute Gasteiger partial charge is 0.251 e. The minimum atomic E-state index is -3.81. The van der Waals surface area contributed by atoms with Crippen molar-refractivity contribution in [3.05, 3.63) is 28.2 Å². The second-order valence-corrected chi connectivity index (χ2v) is 8.32. The Balaban J connectivity index is 2.10. The van der Waals surface area contributed by atoms with Gasteiger partial charge in [0.05, 0.1) is 10.0 Å². The Bertz CT molecular complexity index is 699. The lowest BCUT2D eigenvalue weighted by Gasteiger charge is -2.35. The number of carbonyl (C=O) groups excluding carboxylic acids is 1. The minimum absolute atomic E-state index is 0.0844. The molecule has 0 saturated carbocycles. The maximum atomic E-state index is 12.8. The summed E-state index contributed by atoms with van der Waals surface area (Å²) in [6.45, 7) is 5.19. The number of rotatable bonds is 6. The van der Waals surface area contributed by atoms with E-state index in [1.165, 1.54) is 16.4 Å². The molecule has 6 nitrogen and oxygen atoms in total. The predicted molar refractivity (Wildman–Crippen MR) is 97.5 cm³/mol. The van der Waals surface area contributed by atoms with Gasteiger partial charge in [-0.3, -0.25) is 4.79 Å². The van der Waals surface area contributed by atoms with Gasteiger partial charge in [-0.1, -0.05) is 36.2 Å². The van der Waals surface area contributed by atoms with E-state index in [1.54, 1.807) is 11.0 Å². The second kappa shape index (κ2) is 8.68. The molecule has 0 aliphatic carbocycles. The minimum Gasteiger partial charge on any atom is -0.369 e. The topological polar surface area (TPSA) is 66.9 Å². The van der Waals surface area contributed by atoms with Crippen LogP contribution >= 0.6 is 23.2 Å². The van der Waals surface area contributed by atoms with Crippen molar-refractivity contribution < 1.29 is 17.9 Å². The number of nitrogens with zero attached hydrogens (tertiary/aromatic N) is 2. The van der Waals surface area contributed by atoms with Gasteiger partial charge in [0.1, 0.15) is 11.0 Å². The largest absolute Gasteiger partial charge is 0.369 e. The Morgan fingerprint density at radius 2 is 1.72 bits per heavy atom. The van der Waals surface area contributed by atoms with Crippen molar-refractivity contribution in [3.8, 4) is 0 Å². The van der Waals surface area contributed by atoms with Gasteiger partial charge in [-0.2, -0.15) is 4.31 Å². The molecule has 1 atom stereocenters. The average Bonchev–Trinajstić information content (AvgIpc) is 2.59. The Morgan fingerprint density at radius 1 is 1.16 bits per heavy atom. The predicted octanol–water partition coefficient (Wildman–Crippen LogP) is 2.64. The molecule has 1 aromatic rings. The van der Waals surface area contributed by atoms with Crippen LogP contribution in [0.2, 0.25) is 10.0 Å². The van der Waals surface area contributed by atoms with Crippen LogP contribution < -0.4 is 0 Å². The van der Waals surface area contributed by atoms with Crippen LogP contribution in [0.4, 0.5) is 0 Å². The van der Waals surface area contributed by atoms with E-state index < -0.39 is 16.1 Å². The van der Waals surface area contributed by atoms with E-state index in [1.807, 2.05) is 13.8 Å². The fourth-order valence-corrected chi connectivity index (χ4v) is 5.29. The molecular formula is C16H22Cl2N2O4S. The van der Waals surface area contributed by atoms with E-state index in [4.69, 9.17) is 27.9 Å². The zero-order valence-electron chi connectivity index (χ0n) is 14.2. The fourth-order valence-electron chi connectivity index (χ4n) is 2.78. The van der Waals surface area contributed by atoms with Crippen molar-refractivity contribution in [2.24, 2.45) is 0 Å². The number of hydrogen-bond donors (Lipinski definition) is 0. The summed E-state index contributed by atoms with van der Waals surface area (Å²) in [4.78, 5) is 14.0. The summed E-state index contributed by atoms with van der Waals surface area (Å²) in [5.41, 5.74) is 0. The molecule has 0 spiro atoms. The van der Waals surface area contributed by atoms with Gasteiger partial charge in [-0.15, -0.1) is 0 Å². The molecule has 1 heterocycles. The summed E-state index contributed by atoms with van der Waals surface area (Å²) >= 11 is 12.1. The molecular weight excluding hydrogens is 387 g/mol. The summed E-state index contributed by atoms with van der Waals surface area (Å²) in [6.07, 6.45) is 0.103. The first-order valence-corrected chi connectivity index (χ1v) is 10.4. The van der Waals surface area contributed by atoms with E-state index in [0.29, 0.717) is 26.1 Å². The zero-order chi connectivity index (χ0) is 18.6. The van der Waals surface area contributed by atoms with Gasteiger partial charge in [0, 0.05) is 32.8 Å². The Kier molecular flexibility index (Phi) is 7.10.